The zero-order valence-corrected chi connectivity index (χ0v) is 19.0. The van der Waals surface area contributed by atoms with Gasteiger partial charge < -0.3 is 20.0 Å². The van der Waals surface area contributed by atoms with Gasteiger partial charge in [-0.05, 0) is 37.1 Å². The van der Waals surface area contributed by atoms with Crippen LogP contribution >= 0.6 is 0 Å². The highest BCUT2D eigenvalue weighted by molar-refractivity contribution is 5.82. The molecule has 0 spiro atoms. The van der Waals surface area contributed by atoms with Crippen LogP contribution in [0.15, 0.2) is 54.6 Å². The maximum absolute atomic E-state index is 13.0. The number of nitrogens with zero attached hydrogens (tertiary/aromatic N) is 3. The first kappa shape index (κ1) is 22.3. The molecule has 32 heavy (non-hydrogen) atoms. The summed E-state index contributed by atoms with van der Waals surface area (Å²) >= 11 is 0. The molecule has 0 bridgehead atoms. The molecule has 0 radical (unpaired) electrons. The number of amides is 2. The third-order valence-electron chi connectivity index (χ3n) is 6.63. The molecular formula is C26H34N4O2. The number of benzene rings is 2. The molecule has 6 nitrogen and oxygen atoms in total. The van der Waals surface area contributed by atoms with Gasteiger partial charge in [0.15, 0.2) is 0 Å². The molecule has 2 aromatic carbocycles. The fraction of sp³-hybridized carbons (Fsp3) is 0.462. The lowest BCUT2D eigenvalue weighted by atomic mass is 9.96. The fourth-order valence-corrected chi connectivity index (χ4v) is 4.64. The van der Waals surface area contributed by atoms with Crippen molar-refractivity contribution in [3.05, 3.63) is 65.7 Å². The number of likely N-dealkylation sites (N-methyl/N-ethyl adjacent to an activating group) is 1. The number of rotatable bonds is 6. The summed E-state index contributed by atoms with van der Waals surface area (Å²) < 4.78 is 0. The lowest BCUT2D eigenvalue weighted by Crippen LogP contribution is -2.46. The van der Waals surface area contributed by atoms with Crippen LogP contribution in [0.4, 0.5) is 5.69 Å². The van der Waals surface area contributed by atoms with E-state index in [0.29, 0.717) is 19.5 Å². The van der Waals surface area contributed by atoms with Crippen LogP contribution < -0.4 is 10.2 Å². The highest BCUT2D eigenvalue weighted by Crippen LogP contribution is 2.23. The van der Waals surface area contributed by atoms with E-state index in [1.165, 1.54) is 5.69 Å². The Morgan fingerprint density at radius 3 is 2.44 bits per heavy atom. The van der Waals surface area contributed by atoms with E-state index in [2.05, 4.69) is 40.4 Å². The molecule has 0 saturated carbocycles. The van der Waals surface area contributed by atoms with Crippen LogP contribution in [0.5, 0.6) is 0 Å². The summed E-state index contributed by atoms with van der Waals surface area (Å²) in [5, 5.41) is 3.15. The SMILES string of the molecule is CN1CCN(c2ccccc2CNC(=O)C2CCCN(C(=O)Cc3ccccc3)C2)CC1. The molecule has 2 aliphatic heterocycles. The number of anilines is 1. The van der Waals surface area contributed by atoms with Crippen LogP contribution in [0, 0.1) is 5.92 Å². The predicted octanol–water partition coefficient (Wildman–Crippen LogP) is 2.54. The average molecular weight is 435 g/mol. The number of hydrogen-bond acceptors (Lipinski definition) is 4. The van der Waals surface area contributed by atoms with Gasteiger partial charge in [-0.1, -0.05) is 48.5 Å². The van der Waals surface area contributed by atoms with E-state index in [9.17, 15) is 9.59 Å². The van der Waals surface area contributed by atoms with Crippen LogP contribution in [-0.4, -0.2) is 67.9 Å². The van der Waals surface area contributed by atoms with Crippen molar-refractivity contribution in [2.75, 3.05) is 51.2 Å². The van der Waals surface area contributed by atoms with E-state index in [0.717, 1.165) is 56.7 Å². The molecule has 2 fully saturated rings. The van der Waals surface area contributed by atoms with Gasteiger partial charge in [-0.3, -0.25) is 9.59 Å². The molecule has 2 aliphatic rings. The van der Waals surface area contributed by atoms with E-state index < -0.39 is 0 Å². The highest BCUT2D eigenvalue weighted by atomic mass is 16.2. The van der Waals surface area contributed by atoms with Gasteiger partial charge in [-0.15, -0.1) is 0 Å². The first-order valence-corrected chi connectivity index (χ1v) is 11.7. The Bertz CT molecular complexity index is 909. The van der Waals surface area contributed by atoms with Crippen molar-refractivity contribution in [3.63, 3.8) is 0 Å². The van der Waals surface area contributed by atoms with Crippen LogP contribution in [-0.2, 0) is 22.6 Å². The van der Waals surface area contributed by atoms with E-state index >= 15 is 0 Å². The topological polar surface area (TPSA) is 55.9 Å². The van der Waals surface area contributed by atoms with Gasteiger partial charge >= 0.3 is 0 Å². The van der Waals surface area contributed by atoms with Gasteiger partial charge in [-0.2, -0.15) is 0 Å². The second-order valence-electron chi connectivity index (χ2n) is 8.98. The van der Waals surface area contributed by atoms with Gasteiger partial charge in [0.05, 0.1) is 12.3 Å². The molecule has 170 valence electrons. The van der Waals surface area contributed by atoms with Crippen molar-refractivity contribution in [1.29, 1.82) is 0 Å². The number of nitrogens with one attached hydrogen (secondary N) is 1. The largest absolute Gasteiger partial charge is 0.369 e. The molecular weight excluding hydrogens is 400 g/mol. The third-order valence-corrected chi connectivity index (χ3v) is 6.63. The van der Waals surface area contributed by atoms with Gasteiger partial charge in [0.2, 0.25) is 11.8 Å². The number of piperazine rings is 1. The molecule has 2 aromatic rings. The zero-order chi connectivity index (χ0) is 22.3. The molecule has 1 N–H and O–H groups in total. The fourth-order valence-electron chi connectivity index (χ4n) is 4.64. The van der Waals surface area contributed by atoms with Gasteiger partial charge in [-0.25, -0.2) is 0 Å². The van der Waals surface area contributed by atoms with Gasteiger partial charge in [0, 0.05) is 51.5 Å². The quantitative estimate of drug-likeness (QED) is 0.759. The number of hydrogen-bond donors (Lipinski definition) is 1. The lowest BCUT2D eigenvalue weighted by Gasteiger charge is -2.35. The van der Waals surface area contributed by atoms with Crippen LogP contribution in [0.3, 0.4) is 0 Å². The Labute approximate surface area is 191 Å². The Hall–Kier alpha value is -2.86. The summed E-state index contributed by atoms with van der Waals surface area (Å²) in [6.45, 7) is 5.88. The lowest BCUT2D eigenvalue weighted by molar-refractivity contribution is -0.135. The summed E-state index contributed by atoms with van der Waals surface area (Å²) in [4.78, 5) is 32.3. The predicted molar refractivity (Wildman–Crippen MR) is 127 cm³/mol. The Morgan fingerprint density at radius 1 is 0.938 bits per heavy atom. The summed E-state index contributed by atoms with van der Waals surface area (Å²) in [6, 6.07) is 18.2. The molecule has 2 heterocycles. The van der Waals surface area contributed by atoms with Crippen molar-refractivity contribution < 1.29 is 9.59 Å². The number of carbonyl (C=O) groups is 2. The zero-order valence-electron chi connectivity index (χ0n) is 19.0. The van der Waals surface area contributed by atoms with E-state index in [4.69, 9.17) is 0 Å². The van der Waals surface area contributed by atoms with Crippen molar-refractivity contribution in [2.45, 2.75) is 25.8 Å². The molecule has 1 atom stereocenters. The van der Waals surface area contributed by atoms with Gasteiger partial charge in [0.25, 0.3) is 0 Å². The van der Waals surface area contributed by atoms with Crippen LogP contribution in [0.1, 0.15) is 24.0 Å². The highest BCUT2D eigenvalue weighted by Gasteiger charge is 2.28. The van der Waals surface area contributed by atoms with E-state index in [1.54, 1.807) is 0 Å². The molecule has 0 aromatic heterocycles. The summed E-state index contributed by atoms with van der Waals surface area (Å²) in [7, 11) is 2.15. The second kappa shape index (κ2) is 10.6. The molecule has 1 unspecified atom stereocenters. The van der Waals surface area contributed by atoms with E-state index in [1.807, 2.05) is 41.3 Å². The molecule has 2 saturated heterocycles. The normalized spacial score (nSPS) is 19.6. The first-order chi connectivity index (χ1) is 15.6. The summed E-state index contributed by atoms with van der Waals surface area (Å²) in [5.74, 6) is 0.0174. The average Bonchev–Trinajstić information content (AvgIpc) is 2.84. The molecule has 6 heteroatoms. The summed E-state index contributed by atoms with van der Waals surface area (Å²) in [5.41, 5.74) is 3.38. The molecule has 4 rings (SSSR count). The van der Waals surface area contributed by atoms with Crippen molar-refractivity contribution in [2.24, 2.45) is 5.92 Å². The Kier molecular flexibility index (Phi) is 7.43. The minimum atomic E-state index is -0.140. The Balaban J connectivity index is 1.32. The number of carbonyl (C=O) groups excluding carboxylic acids is 2. The van der Waals surface area contributed by atoms with Crippen LogP contribution in [0.2, 0.25) is 0 Å². The van der Waals surface area contributed by atoms with Crippen molar-refractivity contribution in [1.82, 2.24) is 15.1 Å². The van der Waals surface area contributed by atoms with E-state index in [-0.39, 0.29) is 17.7 Å². The maximum atomic E-state index is 13.0. The minimum Gasteiger partial charge on any atom is -0.369 e. The first-order valence-electron chi connectivity index (χ1n) is 11.7. The molecule has 2 amide bonds. The monoisotopic (exact) mass is 434 g/mol. The number of piperidine rings is 1. The Morgan fingerprint density at radius 2 is 1.66 bits per heavy atom. The second-order valence-corrected chi connectivity index (χ2v) is 8.98. The van der Waals surface area contributed by atoms with Gasteiger partial charge in [0.1, 0.15) is 0 Å². The smallest absolute Gasteiger partial charge is 0.227 e. The van der Waals surface area contributed by atoms with Crippen molar-refractivity contribution in [3.8, 4) is 0 Å². The maximum Gasteiger partial charge on any atom is 0.227 e. The van der Waals surface area contributed by atoms with Crippen molar-refractivity contribution >= 4 is 17.5 Å². The number of para-hydroxylation sites is 1. The van der Waals surface area contributed by atoms with Crippen LogP contribution in [0.25, 0.3) is 0 Å². The minimum absolute atomic E-state index is 0.0513. The molecule has 0 aliphatic carbocycles. The summed E-state index contributed by atoms with van der Waals surface area (Å²) in [6.07, 6.45) is 2.10. The third kappa shape index (κ3) is 5.68. The number of likely N-dealkylation sites (tertiary alicyclic amines) is 1. The standard InChI is InChI=1S/C26H34N4O2/c1-28-14-16-29(17-15-28)24-12-6-5-10-22(24)19-27-26(32)23-11-7-13-30(20-23)25(31)18-21-8-3-2-4-9-21/h2-6,8-10,12,23H,7,11,13-20H2,1H3,(H,27,32).